The van der Waals surface area contributed by atoms with Crippen LogP contribution < -0.4 is 5.32 Å². The first-order valence-corrected chi connectivity index (χ1v) is 8.07. The lowest BCUT2D eigenvalue weighted by molar-refractivity contribution is -0.156. The second-order valence-corrected chi connectivity index (χ2v) is 6.74. The minimum Gasteiger partial charge on any atom is -0.340 e. The van der Waals surface area contributed by atoms with Crippen molar-refractivity contribution in [2.75, 3.05) is 6.54 Å². The quantitative estimate of drug-likeness (QED) is 0.812. The van der Waals surface area contributed by atoms with Crippen molar-refractivity contribution < 1.29 is 9.59 Å². The molecule has 1 aliphatic carbocycles. The number of hydrogen-bond acceptors (Lipinski definition) is 2. The Balaban J connectivity index is 2.18. The Bertz CT molecular complexity index is 392. The first-order chi connectivity index (χ1) is 9.43. The molecule has 4 nitrogen and oxygen atoms in total. The molecule has 3 unspecified atom stereocenters. The SMILES string of the molecule is CCCC(C)CN1C(=O)C(C)(C2CC2)NC(=O)C1CC. The van der Waals surface area contributed by atoms with Crippen molar-refractivity contribution in [1.29, 1.82) is 0 Å². The second kappa shape index (κ2) is 5.74. The zero-order chi connectivity index (χ0) is 14.9. The van der Waals surface area contributed by atoms with Crippen molar-refractivity contribution in [2.45, 2.75) is 71.4 Å². The van der Waals surface area contributed by atoms with Gasteiger partial charge in [-0.25, -0.2) is 0 Å². The number of nitrogens with zero attached hydrogens (tertiary/aromatic N) is 1. The molecule has 4 heteroatoms. The van der Waals surface area contributed by atoms with Gasteiger partial charge in [-0.15, -0.1) is 0 Å². The third-order valence-corrected chi connectivity index (χ3v) is 4.84. The van der Waals surface area contributed by atoms with E-state index in [1.54, 1.807) is 0 Å². The molecule has 2 aliphatic rings. The Kier molecular flexibility index (Phi) is 4.40. The van der Waals surface area contributed by atoms with Crippen LogP contribution in [0.2, 0.25) is 0 Å². The summed E-state index contributed by atoms with van der Waals surface area (Å²) in [5, 5.41) is 3.01. The summed E-state index contributed by atoms with van der Waals surface area (Å²) in [4.78, 5) is 27.1. The zero-order valence-corrected chi connectivity index (χ0v) is 13.2. The molecule has 2 amide bonds. The molecule has 1 saturated carbocycles. The molecular formula is C16H28N2O2. The van der Waals surface area contributed by atoms with Crippen LogP contribution >= 0.6 is 0 Å². The molecule has 3 atom stereocenters. The van der Waals surface area contributed by atoms with Crippen molar-refractivity contribution in [3.05, 3.63) is 0 Å². The standard InChI is InChI=1S/C16H28N2O2/c1-5-7-11(3)10-18-13(6-2)14(19)17-16(4,15(18)20)12-8-9-12/h11-13H,5-10H2,1-4H3,(H,17,19). The van der Waals surface area contributed by atoms with Gasteiger partial charge >= 0.3 is 0 Å². The lowest BCUT2D eigenvalue weighted by Crippen LogP contribution is -2.70. The predicted octanol–water partition coefficient (Wildman–Crippen LogP) is 2.33. The normalized spacial score (nSPS) is 32.2. The first-order valence-electron chi connectivity index (χ1n) is 8.07. The van der Waals surface area contributed by atoms with Gasteiger partial charge in [-0.1, -0.05) is 27.2 Å². The van der Waals surface area contributed by atoms with Crippen LogP contribution in [0.4, 0.5) is 0 Å². The summed E-state index contributed by atoms with van der Waals surface area (Å²) in [5.74, 6) is 0.952. The number of carbonyl (C=O) groups excluding carboxylic acids is 2. The van der Waals surface area contributed by atoms with Crippen molar-refractivity contribution in [2.24, 2.45) is 11.8 Å². The molecule has 2 fully saturated rings. The van der Waals surface area contributed by atoms with Crippen molar-refractivity contribution in [3.63, 3.8) is 0 Å². The number of rotatable bonds is 6. The van der Waals surface area contributed by atoms with Crippen LogP contribution in [0, 0.1) is 11.8 Å². The minimum atomic E-state index is -0.658. The predicted molar refractivity (Wildman–Crippen MR) is 79.1 cm³/mol. The Morgan fingerprint density at radius 2 is 2.00 bits per heavy atom. The summed E-state index contributed by atoms with van der Waals surface area (Å²) in [5.41, 5.74) is -0.658. The average Bonchev–Trinajstić information content (AvgIpc) is 3.20. The molecule has 0 radical (unpaired) electrons. The second-order valence-electron chi connectivity index (χ2n) is 6.74. The largest absolute Gasteiger partial charge is 0.340 e. The van der Waals surface area contributed by atoms with E-state index >= 15 is 0 Å². The fraction of sp³-hybridized carbons (Fsp3) is 0.875. The molecule has 20 heavy (non-hydrogen) atoms. The maximum absolute atomic E-state index is 12.9. The molecule has 0 bridgehead atoms. The van der Waals surface area contributed by atoms with Gasteiger partial charge in [0.15, 0.2) is 0 Å². The van der Waals surface area contributed by atoms with E-state index in [9.17, 15) is 9.59 Å². The summed E-state index contributed by atoms with van der Waals surface area (Å²) in [7, 11) is 0. The van der Waals surface area contributed by atoms with Gasteiger partial charge in [-0.2, -0.15) is 0 Å². The van der Waals surface area contributed by atoms with E-state index in [0.29, 0.717) is 24.8 Å². The van der Waals surface area contributed by atoms with Gasteiger partial charge in [0.25, 0.3) is 0 Å². The van der Waals surface area contributed by atoms with Crippen LogP contribution in [0.25, 0.3) is 0 Å². The zero-order valence-electron chi connectivity index (χ0n) is 13.2. The molecule has 1 N–H and O–H groups in total. The monoisotopic (exact) mass is 280 g/mol. The maximum Gasteiger partial charge on any atom is 0.249 e. The van der Waals surface area contributed by atoms with Crippen LogP contribution in [0.5, 0.6) is 0 Å². The number of carbonyl (C=O) groups is 2. The Labute approximate surface area is 122 Å². The van der Waals surface area contributed by atoms with Gasteiger partial charge < -0.3 is 10.2 Å². The van der Waals surface area contributed by atoms with Gasteiger partial charge in [0.2, 0.25) is 11.8 Å². The number of hydrogen-bond donors (Lipinski definition) is 1. The Morgan fingerprint density at radius 3 is 2.50 bits per heavy atom. The van der Waals surface area contributed by atoms with Crippen molar-refractivity contribution >= 4 is 11.8 Å². The summed E-state index contributed by atoms with van der Waals surface area (Å²) in [6.07, 6.45) is 5.01. The van der Waals surface area contributed by atoms with Gasteiger partial charge in [0.05, 0.1) is 0 Å². The number of nitrogens with one attached hydrogen (secondary N) is 1. The summed E-state index contributed by atoms with van der Waals surface area (Å²) in [6, 6.07) is -0.284. The average molecular weight is 280 g/mol. The molecular weight excluding hydrogens is 252 g/mol. The molecule has 1 heterocycles. The molecule has 0 aromatic rings. The topological polar surface area (TPSA) is 49.4 Å². The van der Waals surface area contributed by atoms with Crippen LogP contribution in [-0.2, 0) is 9.59 Å². The fourth-order valence-electron chi connectivity index (χ4n) is 3.45. The van der Waals surface area contributed by atoms with Gasteiger partial charge in [-0.3, -0.25) is 9.59 Å². The van der Waals surface area contributed by atoms with Crippen LogP contribution in [0.15, 0.2) is 0 Å². The highest BCUT2D eigenvalue weighted by Gasteiger charge is 2.54. The first kappa shape index (κ1) is 15.3. The molecule has 0 aromatic carbocycles. The third kappa shape index (κ3) is 2.70. The van der Waals surface area contributed by atoms with Crippen molar-refractivity contribution in [3.8, 4) is 0 Å². The molecule has 1 saturated heterocycles. The Hall–Kier alpha value is -1.06. The highest BCUT2D eigenvalue weighted by atomic mass is 16.2. The van der Waals surface area contributed by atoms with E-state index < -0.39 is 5.54 Å². The molecule has 0 spiro atoms. The molecule has 2 rings (SSSR count). The minimum absolute atomic E-state index is 0.0326. The molecule has 1 aliphatic heterocycles. The van der Waals surface area contributed by atoms with Crippen molar-refractivity contribution in [1.82, 2.24) is 10.2 Å². The van der Waals surface area contributed by atoms with Crippen LogP contribution in [0.1, 0.15) is 59.8 Å². The smallest absolute Gasteiger partial charge is 0.249 e. The lowest BCUT2D eigenvalue weighted by Gasteiger charge is -2.45. The fourth-order valence-corrected chi connectivity index (χ4v) is 3.45. The van der Waals surface area contributed by atoms with Gasteiger partial charge in [0, 0.05) is 6.54 Å². The molecule has 0 aromatic heterocycles. The Morgan fingerprint density at radius 1 is 1.35 bits per heavy atom. The van der Waals surface area contributed by atoms with E-state index in [4.69, 9.17) is 0 Å². The van der Waals surface area contributed by atoms with E-state index in [0.717, 1.165) is 25.7 Å². The van der Waals surface area contributed by atoms with Crippen LogP contribution in [0.3, 0.4) is 0 Å². The van der Waals surface area contributed by atoms with Gasteiger partial charge in [-0.05, 0) is 44.4 Å². The summed E-state index contributed by atoms with van der Waals surface area (Å²) < 4.78 is 0. The third-order valence-electron chi connectivity index (χ3n) is 4.84. The maximum atomic E-state index is 12.9. The van der Waals surface area contributed by atoms with E-state index in [1.165, 1.54) is 0 Å². The summed E-state index contributed by atoms with van der Waals surface area (Å²) in [6.45, 7) is 8.93. The lowest BCUT2D eigenvalue weighted by atomic mass is 9.88. The highest BCUT2D eigenvalue weighted by molar-refractivity contribution is 6.00. The van der Waals surface area contributed by atoms with E-state index in [-0.39, 0.29) is 17.9 Å². The van der Waals surface area contributed by atoms with Gasteiger partial charge in [0.1, 0.15) is 11.6 Å². The molecule has 114 valence electrons. The number of amides is 2. The number of piperazine rings is 1. The van der Waals surface area contributed by atoms with E-state index in [1.807, 2.05) is 18.7 Å². The van der Waals surface area contributed by atoms with E-state index in [2.05, 4.69) is 19.2 Å². The summed E-state index contributed by atoms with van der Waals surface area (Å²) >= 11 is 0. The van der Waals surface area contributed by atoms with Crippen LogP contribution in [-0.4, -0.2) is 34.8 Å². The highest BCUT2D eigenvalue weighted by Crippen LogP contribution is 2.42.